The molecule has 2 radical (unpaired) electrons. The van der Waals surface area contributed by atoms with E-state index in [9.17, 15) is 0 Å². The Morgan fingerprint density at radius 2 is 1.45 bits per heavy atom. The quantitative estimate of drug-likeness (QED) is 0.303. The highest BCUT2D eigenvalue weighted by Crippen LogP contribution is 2.44. The SMILES string of the molecule is [B]C(C=CC)(C=CC)CC(C)(C)C(/C=C\C)=C/C=C\C. The Balaban J connectivity index is 5.47. The van der Waals surface area contributed by atoms with Crippen LogP contribution >= 0.6 is 0 Å². The molecule has 0 N–H and O–H groups in total. The maximum atomic E-state index is 6.52. The molecule has 20 heavy (non-hydrogen) atoms. The third-order valence-electron chi connectivity index (χ3n) is 3.30. The second-order valence-electron chi connectivity index (χ2n) is 5.82. The summed E-state index contributed by atoms with van der Waals surface area (Å²) < 4.78 is 0. The highest BCUT2D eigenvalue weighted by molar-refractivity contribution is 6.18. The predicted octanol–water partition coefficient (Wildman–Crippen LogP) is 5.96. The Morgan fingerprint density at radius 1 is 0.900 bits per heavy atom. The van der Waals surface area contributed by atoms with Crippen LogP contribution < -0.4 is 0 Å². The number of rotatable bonds is 7. The Kier molecular flexibility index (Phi) is 8.29. The Bertz CT molecular complexity index is 405. The average molecular weight is 268 g/mol. The zero-order valence-electron chi connectivity index (χ0n) is 14.0. The maximum Gasteiger partial charge on any atom is 0.0858 e. The van der Waals surface area contributed by atoms with Gasteiger partial charge in [-0.2, -0.15) is 0 Å². The van der Waals surface area contributed by atoms with Gasteiger partial charge in [-0.15, -0.1) is 0 Å². The van der Waals surface area contributed by atoms with E-state index in [1.807, 2.05) is 45.9 Å². The summed E-state index contributed by atoms with van der Waals surface area (Å²) in [7, 11) is 6.52. The third kappa shape index (κ3) is 6.28. The molecule has 0 saturated carbocycles. The smallest absolute Gasteiger partial charge is 0.0858 e. The van der Waals surface area contributed by atoms with Gasteiger partial charge in [0.05, 0.1) is 7.85 Å². The van der Waals surface area contributed by atoms with Crippen molar-refractivity contribution >= 4 is 7.85 Å². The van der Waals surface area contributed by atoms with Crippen LogP contribution in [0.4, 0.5) is 0 Å². The first kappa shape index (κ1) is 18.8. The number of hydrogen-bond donors (Lipinski definition) is 0. The van der Waals surface area contributed by atoms with Gasteiger partial charge < -0.3 is 0 Å². The van der Waals surface area contributed by atoms with Crippen molar-refractivity contribution in [2.45, 2.75) is 53.3 Å². The van der Waals surface area contributed by atoms with Crippen molar-refractivity contribution in [3.8, 4) is 0 Å². The zero-order valence-corrected chi connectivity index (χ0v) is 14.0. The lowest BCUT2D eigenvalue weighted by molar-refractivity contribution is 0.394. The molecule has 0 nitrogen and oxygen atoms in total. The van der Waals surface area contributed by atoms with E-state index in [1.165, 1.54) is 5.57 Å². The maximum absolute atomic E-state index is 6.52. The van der Waals surface area contributed by atoms with Crippen LogP contribution in [0.15, 0.2) is 60.3 Å². The summed E-state index contributed by atoms with van der Waals surface area (Å²) in [5.74, 6) is 0. The molecule has 0 amide bonds. The minimum atomic E-state index is -0.399. The van der Waals surface area contributed by atoms with Crippen LogP contribution in [0, 0.1) is 5.41 Å². The summed E-state index contributed by atoms with van der Waals surface area (Å²) in [5, 5.41) is -0.399. The molecule has 0 aromatic heterocycles. The van der Waals surface area contributed by atoms with E-state index in [4.69, 9.17) is 7.85 Å². The van der Waals surface area contributed by atoms with Crippen LogP contribution in [0.2, 0.25) is 5.31 Å². The third-order valence-corrected chi connectivity index (χ3v) is 3.30. The zero-order chi connectivity index (χ0) is 15.6. The number of hydrogen-bond acceptors (Lipinski definition) is 0. The Morgan fingerprint density at radius 3 is 1.85 bits per heavy atom. The van der Waals surface area contributed by atoms with Crippen LogP contribution in [-0.2, 0) is 0 Å². The molecule has 0 rings (SSSR count). The molecular weight excluding hydrogens is 239 g/mol. The minimum absolute atomic E-state index is 0.000208. The van der Waals surface area contributed by atoms with Crippen molar-refractivity contribution < 1.29 is 0 Å². The average Bonchev–Trinajstić information content (AvgIpc) is 2.33. The molecule has 0 aromatic rings. The summed E-state index contributed by atoms with van der Waals surface area (Å²) in [6.07, 6.45) is 19.6. The van der Waals surface area contributed by atoms with Gasteiger partial charge in [-0.3, -0.25) is 0 Å². The van der Waals surface area contributed by atoms with Crippen molar-refractivity contribution in [1.29, 1.82) is 0 Å². The van der Waals surface area contributed by atoms with E-state index >= 15 is 0 Å². The topological polar surface area (TPSA) is 0 Å². The Labute approximate surface area is 127 Å². The lowest BCUT2D eigenvalue weighted by atomic mass is 9.59. The Hall–Kier alpha value is -1.24. The number of allylic oxidation sites excluding steroid dienone is 10. The molecule has 0 saturated heterocycles. The van der Waals surface area contributed by atoms with Crippen LogP contribution in [0.25, 0.3) is 0 Å². The van der Waals surface area contributed by atoms with E-state index in [0.717, 1.165) is 6.42 Å². The first-order valence-electron chi connectivity index (χ1n) is 7.38. The van der Waals surface area contributed by atoms with E-state index in [-0.39, 0.29) is 5.41 Å². The van der Waals surface area contributed by atoms with Gasteiger partial charge in [0.25, 0.3) is 0 Å². The van der Waals surface area contributed by atoms with Gasteiger partial charge in [-0.1, -0.05) is 68.5 Å². The molecule has 0 atom stereocenters. The van der Waals surface area contributed by atoms with E-state index in [1.54, 1.807) is 0 Å². The largest absolute Gasteiger partial charge is 0.0916 e. The molecular formula is C19H29B. The molecule has 0 spiro atoms. The molecule has 108 valence electrons. The summed E-state index contributed by atoms with van der Waals surface area (Å²) in [6, 6.07) is 0. The van der Waals surface area contributed by atoms with Gasteiger partial charge in [0.2, 0.25) is 0 Å². The summed E-state index contributed by atoms with van der Waals surface area (Å²) in [4.78, 5) is 0. The summed E-state index contributed by atoms with van der Waals surface area (Å²) in [5.41, 5.74) is 1.29. The highest BCUT2D eigenvalue weighted by atomic mass is 14.3. The standard InChI is InChI=1S/C19H29B/c1-7-11-13-17(12-8-2)18(5,6)16-19(20,14-9-3)15-10-4/h7-15H,16H2,1-6H3/b11-7-,12-8-,14-9?,15-10?,17-13+. The normalized spacial score (nSPS) is 17.8. The van der Waals surface area contributed by atoms with Gasteiger partial charge in [0.1, 0.15) is 0 Å². The molecule has 0 aliphatic carbocycles. The summed E-state index contributed by atoms with van der Waals surface area (Å²) in [6.45, 7) is 12.6. The van der Waals surface area contributed by atoms with Gasteiger partial charge in [-0.25, -0.2) is 0 Å². The second-order valence-corrected chi connectivity index (χ2v) is 5.82. The minimum Gasteiger partial charge on any atom is -0.0916 e. The first-order valence-corrected chi connectivity index (χ1v) is 7.38. The molecule has 0 unspecified atom stereocenters. The van der Waals surface area contributed by atoms with E-state index in [2.05, 4.69) is 50.3 Å². The van der Waals surface area contributed by atoms with Crippen molar-refractivity contribution in [3.63, 3.8) is 0 Å². The molecule has 0 aromatic carbocycles. The first-order chi connectivity index (χ1) is 9.35. The second kappa shape index (κ2) is 8.84. The lowest BCUT2D eigenvalue weighted by Gasteiger charge is -2.35. The van der Waals surface area contributed by atoms with Crippen molar-refractivity contribution in [1.82, 2.24) is 0 Å². The van der Waals surface area contributed by atoms with Gasteiger partial charge in [-0.05, 0) is 50.4 Å². The summed E-state index contributed by atoms with van der Waals surface area (Å²) >= 11 is 0. The lowest BCUT2D eigenvalue weighted by Crippen LogP contribution is -2.22. The van der Waals surface area contributed by atoms with Gasteiger partial charge >= 0.3 is 0 Å². The van der Waals surface area contributed by atoms with Crippen LogP contribution in [-0.4, -0.2) is 7.85 Å². The highest BCUT2D eigenvalue weighted by Gasteiger charge is 2.29. The van der Waals surface area contributed by atoms with Crippen molar-refractivity contribution in [2.24, 2.45) is 5.41 Å². The van der Waals surface area contributed by atoms with Gasteiger partial charge in [0.15, 0.2) is 0 Å². The fourth-order valence-electron chi connectivity index (χ4n) is 2.55. The monoisotopic (exact) mass is 268 g/mol. The molecule has 1 heteroatoms. The fraction of sp³-hybridized carbons (Fsp3) is 0.474. The van der Waals surface area contributed by atoms with Crippen LogP contribution in [0.3, 0.4) is 0 Å². The molecule has 0 fully saturated rings. The molecule has 0 heterocycles. The van der Waals surface area contributed by atoms with E-state index < -0.39 is 5.31 Å². The predicted molar refractivity (Wildman–Crippen MR) is 94.2 cm³/mol. The van der Waals surface area contributed by atoms with Crippen molar-refractivity contribution in [3.05, 3.63) is 60.3 Å². The van der Waals surface area contributed by atoms with Gasteiger partial charge in [0, 0.05) is 0 Å². The van der Waals surface area contributed by atoms with Crippen LogP contribution in [0.1, 0.15) is 48.0 Å². The fourth-order valence-corrected chi connectivity index (χ4v) is 2.55. The molecule has 0 aliphatic heterocycles. The van der Waals surface area contributed by atoms with Crippen LogP contribution in [0.5, 0.6) is 0 Å². The van der Waals surface area contributed by atoms with Crippen molar-refractivity contribution in [2.75, 3.05) is 0 Å². The molecule has 0 aliphatic rings. The molecule has 0 bridgehead atoms. The van der Waals surface area contributed by atoms with E-state index in [0.29, 0.717) is 0 Å².